The molecule has 0 amide bonds. The van der Waals surface area contributed by atoms with Gasteiger partial charge in [-0.2, -0.15) is 0 Å². The normalized spacial score (nSPS) is 16.7. The van der Waals surface area contributed by atoms with Gasteiger partial charge in [-0.3, -0.25) is 4.98 Å². The summed E-state index contributed by atoms with van der Waals surface area (Å²) in [6, 6.07) is 13.4. The highest BCUT2D eigenvalue weighted by atomic mass is 14.9. The van der Waals surface area contributed by atoms with Crippen LogP contribution in [0.5, 0.6) is 0 Å². The third-order valence-electron chi connectivity index (χ3n) is 4.46. The van der Waals surface area contributed by atoms with Gasteiger partial charge in [0.05, 0.1) is 11.7 Å². The minimum atomic E-state index is 0.173. The molecule has 1 aromatic heterocycles. The van der Waals surface area contributed by atoms with Crippen molar-refractivity contribution in [1.82, 2.24) is 10.3 Å². The Balaban J connectivity index is 1.87. The maximum absolute atomic E-state index is 4.55. The average Bonchev–Trinajstić information content (AvgIpc) is 2.41. The van der Waals surface area contributed by atoms with Gasteiger partial charge >= 0.3 is 0 Å². The molecule has 0 spiro atoms. The lowest BCUT2D eigenvalue weighted by atomic mass is 9.79. The summed E-state index contributed by atoms with van der Waals surface area (Å²) in [5, 5.41) is 3.39. The van der Waals surface area contributed by atoms with E-state index < -0.39 is 0 Å². The third kappa shape index (κ3) is 2.48. The minimum Gasteiger partial charge on any atom is -0.308 e. The summed E-state index contributed by atoms with van der Waals surface area (Å²) in [6.07, 6.45) is 5.97. The molecule has 0 saturated heterocycles. The van der Waals surface area contributed by atoms with Gasteiger partial charge < -0.3 is 5.32 Å². The molecule has 2 aromatic rings. The Morgan fingerprint density at radius 2 is 1.90 bits per heavy atom. The van der Waals surface area contributed by atoms with Crippen LogP contribution in [0, 0.1) is 6.92 Å². The van der Waals surface area contributed by atoms with E-state index in [4.69, 9.17) is 0 Å². The summed E-state index contributed by atoms with van der Waals surface area (Å²) in [6.45, 7) is 2.12. The van der Waals surface area contributed by atoms with Crippen LogP contribution in [0.25, 0.3) is 0 Å². The van der Waals surface area contributed by atoms with Crippen molar-refractivity contribution in [2.24, 2.45) is 0 Å². The molecule has 1 aliphatic rings. The van der Waals surface area contributed by atoms with Crippen LogP contribution in [0.2, 0.25) is 0 Å². The molecule has 1 saturated carbocycles. The Bertz CT molecular complexity index is 570. The Kier molecular flexibility index (Phi) is 3.83. The van der Waals surface area contributed by atoms with E-state index in [9.17, 15) is 0 Å². The van der Waals surface area contributed by atoms with E-state index >= 15 is 0 Å². The van der Waals surface area contributed by atoms with Crippen LogP contribution in [0.1, 0.15) is 53.6 Å². The van der Waals surface area contributed by atoms with Crippen molar-refractivity contribution in [3.63, 3.8) is 0 Å². The predicted molar refractivity (Wildman–Crippen MR) is 82.9 cm³/mol. The highest BCUT2D eigenvalue weighted by molar-refractivity contribution is 5.35. The van der Waals surface area contributed by atoms with Crippen molar-refractivity contribution in [2.75, 3.05) is 7.05 Å². The molecular weight excluding hydrogens is 244 g/mol. The van der Waals surface area contributed by atoms with Gasteiger partial charge in [0, 0.05) is 6.20 Å². The zero-order valence-corrected chi connectivity index (χ0v) is 12.3. The van der Waals surface area contributed by atoms with E-state index in [2.05, 4.69) is 47.6 Å². The van der Waals surface area contributed by atoms with Crippen molar-refractivity contribution in [2.45, 2.75) is 38.1 Å². The van der Waals surface area contributed by atoms with E-state index in [1.807, 2.05) is 19.3 Å². The van der Waals surface area contributed by atoms with Gasteiger partial charge in [0.1, 0.15) is 0 Å². The minimum absolute atomic E-state index is 0.173. The molecule has 20 heavy (non-hydrogen) atoms. The van der Waals surface area contributed by atoms with Crippen LogP contribution < -0.4 is 5.32 Å². The average molecular weight is 266 g/mol. The molecule has 1 aromatic carbocycles. The van der Waals surface area contributed by atoms with Gasteiger partial charge in [0.25, 0.3) is 0 Å². The number of aryl methyl sites for hydroxylation is 1. The van der Waals surface area contributed by atoms with E-state index in [0.717, 1.165) is 11.6 Å². The largest absolute Gasteiger partial charge is 0.308 e. The number of rotatable bonds is 4. The highest BCUT2D eigenvalue weighted by Gasteiger charge is 2.20. The summed E-state index contributed by atoms with van der Waals surface area (Å²) in [4.78, 5) is 4.55. The molecule has 0 bridgehead atoms. The number of benzene rings is 1. The maximum Gasteiger partial charge on any atom is 0.0751 e. The van der Waals surface area contributed by atoms with E-state index in [0.29, 0.717) is 0 Å². The Hall–Kier alpha value is -1.67. The SMILES string of the molecule is CNC(c1ccc(C2CCC2)cc1)c1ncccc1C. The standard InChI is InChI=1S/C18H22N2/c1-13-5-4-12-20-17(13)18(19-2)16-10-8-15(9-11-16)14-6-3-7-14/h4-5,8-12,14,18-19H,3,6-7H2,1-2H3. The van der Waals surface area contributed by atoms with E-state index in [1.54, 1.807) is 0 Å². The molecule has 2 heteroatoms. The van der Waals surface area contributed by atoms with Crippen molar-refractivity contribution in [1.29, 1.82) is 0 Å². The first kappa shape index (κ1) is 13.3. The fraction of sp³-hybridized carbons (Fsp3) is 0.389. The summed E-state index contributed by atoms with van der Waals surface area (Å²) in [5.41, 5.74) is 5.13. The van der Waals surface area contributed by atoms with Crippen LogP contribution in [0.3, 0.4) is 0 Å². The highest BCUT2D eigenvalue weighted by Crippen LogP contribution is 2.36. The van der Waals surface area contributed by atoms with Crippen LogP contribution in [-0.4, -0.2) is 12.0 Å². The second-order valence-electron chi connectivity index (χ2n) is 5.72. The molecular formula is C18H22N2. The number of pyridine rings is 1. The first-order chi connectivity index (χ1) is 9.79. The molecule has 0 aliphatic heterocycles. The second kappa shape index (κ2) is 5.76. The monoisotopic (exact) mass is 266 g/mol. The van der Waals surface area contributed by atoms with Gasteiger partial charge in [-0.15, -0.1) is 0 Å². The lowest BCUT2D eigenvalue weighted by Crippen LogP contribution is -2.20. The zero-order chi connectivity index (χ0) is 13.9. The lowest BCUT2D eigenvalue weighted by Gasteiger charge is -2.26. The molecule has 2 nitrogen and oxygen atoms in total. The molecule has 1 fully saturated rings. The first-order valence-corrected chi connectivity index (χ1v) is 7.48. The predicted octanol–water partition coefficient (Wildman–Crippen LogP) is 3.97. The van der Waals surface area contributed by atoms with Crippen LogP contribution in [0.4, 0.5) is 0 Å². The lowest BCUT2D eigenvalue weighted by molar-refractivity contribution is 0.419. The summed E-state index contributed by atoms with van der Waals surface area (Å²) < 4.78 is 0. The molecule has 104 valence electrons. The van der Waals surface area contributed by atoms with Gasteiger partial charge in [0.15, 0.2) is 0 Å². The molecule has 3 rings (SSSR count). The quantitative estimate of drug-likeness (QED) is 0.906. The maximum atomic E-state index is 4.55. The van der Waals surface area contributed by atoms with E-state index in [1.165, 1.54) is 36.0 Å². The fourth-order valence-corrected chi connectivity index (χ4v) is 2.96. The number of nitrogens with one attached hydrogen (secondary N) is 1. The van der Waals surface area contributed by atoms with Crippen molar-refractivity contribution in [3.8, 4) is 0 Å². The number of hydrogen-bond donors (Lipinski definition) is 1. The van der Waals surface area contributed by atoms with Crippen molar-refractivity contribution >= 4 is 0 Å². The second-order valence-corrected chi connectivity index (χ2v) is 5.72. The summed E-state index contributed by atoms with van der Waals surface area (Å²) in [5.74, 6) is 0.800. The smallest absolute Gasteiger partial charge is 0.0751 e. The van der Waals surface area contributed by atoms with Crippen LogP contribution >= 0.6 is 0 Å². The third-order valence-corrected chi connectivity index (χ3v) is 4.46. The molecule has 1 atom stereocenters. The topological polar surface area (TPSA) is 24.9 Å². The van der Waals surface area contributed by atoms with Gasteiger partial charge in [-0.05, 0) is 55.5 Å². The Labute approximate surface area is 121 Å². The van der Waals surface area contributed by atoms with Gasteiger partial charge in [0.2, 0.25) is 0 Å². The Morgan fingerprint density at radius 3 is 2.45 bits per heavy atom. The molecule has 1 N–H and O–H groups in total. The molecule has 1 heterocycles. The fourth-order valence-electron chi connectivity index (χ4n) is 2.96. The Morgan fingerprint density at radius 1 is 1.15 bits per heavy atom. The summed E-state index contributed by atoms with van der Waals surface area (Å²) >= 11 is 0. The zero-order valence-electron chi connectivity index (χ0n) is 12.3. The number of aromatic nitrogens is 1. The van der Waals surface area contributed by atoms with Crippen molar-refractivity contribution < 1.29 is 0 Å². The molecule has 0 radical (unpaired) electrons. The molecule has 1 unspecified atom stereocenters. The van der Waals surface area contributed by atoms with Crippen molar-refractivity contribution in [3.05, 3.63) is 65.0 Å². The van der Waals surface area contributed by atoms with Crippen LogP contribution in [0.15, 0.2) is 42.6 Å². The van der Waals surface area contributed by atoms with Crippen LogP contribution in [-0.2, 0) is 0 Å². The summed E-state index contributed by atoms with van der Waals surface area (Å²) in [7, 11) is 2.00. The van der Waals surface area contributed by atoms with Gasteiger partial charge in [-0.25, -0.2) is 0 Å². The first-order valence-electron chi connectivity index (χ1n) is 7.48. The van der Waals surface area contributed by atoms with Gasteiger partial charge in [-0.1, -0.05) is 36.8 Å². The molecule has 1 aliphatic carbocycles. The number of nitrogens with zero attached hydrogens (tertiary/aromatic N) is 1. The van der Waals surface area contributed by atoms with E-state index in [-0.39, 0.29) is 6.04 Å². The number of hydrogen-bond acceptors (Lipinski definition) is 2.